The minimum absolute atomic E-state index is 0.00248. The molecule has 2 aromatic carbocycles. The third-order valence-corrected chi connectivity index (χ3v) is 4.37. The topological polar surface area (TPSA) is 76.7 Å². The lowest BCUT2D eigenvalue weighted by Crippen LogP contribution is -2.47. The molecule has 0 aliphatic rings. The lowest BCUT2D eigenvalue weighted by atomic mass is 10.1. The van der Waals surface area contributed by atoms with Crippen LogP contribution in [0.4, 0.5) is 13.2 Å². The Morgan fingerprint density at radius 2 is 1.67 bits per heavy atom. The molecule has 6 nitrogen and oxygen atoms in total. The Bertz CT molecular complexity index is 900. The van der Waals surface area contributed by atoms with E-state index in [1.807, 2.05) is 26.0 Å². The van der Waals surface area contributed by atoms with Gasteiger partial charge in [0.05, 0.1) is 0 Å². The third-order valence-electron chi connectivity index (χ3n) is 4.37. The molecule has 30 heavy (non-hydrogen) atoms. The van der Waals surface area contributed by atoms with Gasteiger partial charge in [0.15, 0.2) is 6.10 Å². The van der Waals surface area contributed by atoms with Crippen molar-refractivity contribution in [2.75, 3.05) is 0 Å². The van der Waals surface area contributed by atoms with Crippen LogP contribution in [0.1, 0.15) is 30.0 Å². The van der Waals surface area contributed by atoms with Crippen molar-refractivity contribution in [1.29, 1.82) is 0 Å². The summed E-state index contributed by atoms with van der Waals surface area (Å²) in [7, 11) is 0. The molecule has 2 amide bonds. The van der Waals surface area contributed by atoms with Crippen LogP contribution in [0.15, 0.2) is 42.5 Å². The molecule has 0 aromatic heterocycles. The van der Waals surface area contributed by atoms with Gasteiger partial charge in [0.1, 0.15) is 11.5 Å². The van der Waals surface area contributed by atoms with Crippen molar-refractivity contribution in [2.45, 2.75) is 46.1 Å². The Balaban J connectivity index is 1.83. The molecule has 0 bridgehead atoms. The van der Waals surface area contributed by atoms with Gasteiger partial charge in [-0.15, -0.1) is 13.2 Å². The molecule has 0 saturated carbocycles. The molecule has 0 aliphatic carbocycles. The highest BCUT2D eigenvalue weighted by Crippen LogP contribution is 2.27. The van der Waals surface area contributed by atoms with Gasteiger partial charge < -0.3 is 9.47 Å². The number of rotatable bonds is 7. The van der Waals surface area contributed by atoms with Gasteiger partial charge in [0.2, 0.25) is 5.91 Å². The van der Waals surface area contributed by atoms with Crippen LogP contribution in [0.2, 0.25) is 0 Å². The van der Waals surface area contributed by atoms with Crippen LogP contribution in [-0.4, -0.2) is 24.3 Å². The lowest BCUT2D eigenvalue weighted by Gasteiger charge is -2.17. The molecule has 0 fully saturated rings. The summed E-state index contributed by atoms with van der Waals surface area (Å²) in [5, 5.41) is 0. The van der Waals surface area contributed by atoms with E-state index < -0.39 is 24.3 Å². The molecule has 0 saturated heterocycles. The van der Waals surface area contributed by atoms with Gasteiger partial charge in [-0.1, -0.05) is 30.3 Å². The van der Waals surface area contributed by atoms with Crippen LogP contribution in [0.3, 0.4) is 0 Å². The van der Waals surface area contributed by atoms with E-state index in [0.29, 0.717) is 5.75 Å². The average molecular weight is 424 g/mol. The zero-order chi connectivity index (χ0) is 22.3. The highest BCUT2D eigenvalue weighted by molar-refractivity contribution is 5.84. The van der Waals surface area contributed by atoms with E-state index in [9.17, 15) is 22.8 Å². The molecule has 1 atom stereocenters. The molecule has 1 unspecified atom stereocenters. The minimum Gasteiger partial charge on any atom is -0.481 e. The number of para-hydroxylation sites is 1. The smallest absolute Gasteiger partial charge is 0.481 e. The minimum atomic E-state index is -4.82. The number of hydrogen-bond acceptors (Lipinski definition) is 4. The summed E-state index contributed by atoms with van der Waals surface area (Å²) in [4.78, 5) is 24.1. The largest absolute Gasteiger partial charge is 0.573 e. The van der Waals surface area contributed by atoms with Crippen LogP contribution in [0.5, 0.6) is 11.5 Å². The molecule has 0 spiro atoms. The Hall–Kier alpha value is -3.23. The Morgan fingerprint density at radius 1 is 1.00 bits per heavy atom. The van der Waals surface area contributed by atoms with Crippen LogP contribution in [-0.2, 0) is 16.0 Å². The fourth-order valence-corrected chi connectivity index (χ4v) is 2.57. The second-order valence-electron chi connectivity index (χ2n) is 6.65. The van der Waals surface area contributed by atoms with Gasteiger partial charge >= 0.3 is 6.36 Å². The molecular weight excluding hydrogens is 401 g/mol. The maximum atomic E-state index is 12.4. The van der Waals surface area contributed by atoms with Crippen LogP contribution in [0, 0.1) is 13.8 Å². The van der Waals surface area contributed by atoms with Gasteiger partial charge in [0.25, 0.3) is 5.91 Å². The summed E-state index contributed by atoms with van der Waals surface area (Å²) in [6.45, 7) is 5.33. The Labute approximate surface area is 172 Å². The van der Waals surface area contributed by atoms with Crippen molar-refractivity contribution >= 4 is 11.8 Å². The fraction of sp³-hybridized carbons (Fsp3) is 0.333. The summed E-state index contributed by atoms with van der Waals surface area (Å²) in [5.41, 5.74) is 6.63. The van der Waals surface area contributed by atoms with E-state index in [-0.39, 0.29) is 24.2 Å². The number of amides is 2. The molecule has 9 heteroatoms. The van der Waals surface area contributed by atoms with Crippen molar-refractivity contribution in [3.8, 4) is 11.5 Å². The number of alkyl halides is 3. The fourth-order valence-electron chi connectivity index (χ4n) is 2.57. The number of aryl methyl sites for hydroxylation is 2. The first-order valence-electron chi connectivity index (χ1n) is 9.22. The molecule has 0 heterocycles. The van der Waals surface area contributed by atoms with Crippen molar-refractivity contribution in [3.05, 3.63) is 59.2 Å². The van der Waals surface area contributed by atoms with Crippen molar-refractivity contribution in [1.82, 2.24) is 10.9 Å². The second-order valence-corrected chi connectivity index (χ2v) is 6.65. The molecule has 0 radical (unpaired) electrons. The number of carbonyl (C=O) groups is 2. The van der Waals surface area contributed by atoms with Crippen molar-refractivity contribution in [3.63, 3.8) is 0 Å². The monoisotopic (exact) mass is 424 g/mol. The van der Waals surface area contributed by atoms with Crippen LogP contribution < -0.4 is 20.3 Å². The number of hydrazine groups is 1. The maximum Gasteiger partial charge on any atom is 0.573 e. The van der Waals surface area contributed by atoms with Gasteiger partial charge in [-0.05, 0) is 56.0 Å². The highest BCUT2D eigenvalue weighted by atomic mass is 19.4. The van der Waals surface area contributed by atoms with Crippen molar-refractivity contribution < 1.29 is 32.2 Å². The first-order valence-corrected chi connectivity index (χ1v) is 9.22. The SMILES string of the molecule is Cc1cccc(OC(C)C(=O)NNC(=O)CCc2ccccc2OC(F)(F)F)c1C. The molecule has 162 valence electrons. The number of ether oxygens (including phenoxy) is 2. The molecule has 2 aromatic rings. The quantitative estimate of drug-likeness (QED) is 0.664. The molecule has 2 rings (SSSR count). The zero-order valence-electron chi connectivity index (χ0n) is 16.8. The second kappa shape index (κ2) is 10.00. The van der Waals surface area contributed by atoms with Crippen LogP contribution >= 0.6 is 0 Å². The van der Waals surface area contributed by atoms with Gasteiger partial charge in [-0.3, -0.25) is 20.4 Å². The van der Waals surface area contributed by atoms with Gasteiger partial charge in [-0.2, -0.15) is 0 Å². The van der Waals surface area contributed by atoms with Crippen molar-refractivity contribution in [2.24, 2.45) is 0 Å². The number of carbonyl (C=O) groups excluding carboxylic acids is 2. The number of halogens is 3. The molecule has 2 N–H and O–H groups in total. The summed E-state index contributed by atoms with van der Waals surface area (Å²) >= 11 is 0. The normalized spacial score (nSPS) is 12.1. The summed E-state index contributed by atoms with van der Waals surface area (Å²) in [5.74, 6) is -0.934. The zero-order valence-corrected chi connectivity index (χ0v) is 16.8. The average Bonchev–Trinajstić information content (AvgIpc) is 2.67. The van der Waals surface area contributed by atoms with E-state index in [0.717, 1.165) is 11.1 Å². The summed E-state index contributed by atoms with van der Waals surface area (Å²) < 4.78 is 46.9. The molecule has 0 aliphatic heterocycles. The standard InChI is InChI=1S/C21H23F3N2O4/c1-13-7-6-10-17(14(13)2)29-15(3)20(28)26-25-19(27)12-11-16-8-4-5-9-18(16)30-21(22,23)24/h4-10,15H,11-12H2,1-3H3,(H,25,27)(H,26,28). The van der Waals surface area contributed by atoms with E-state index in [4.69, 9.17) is 4.74 Å². The Kier molecular flexibility index (Phi) is 7.68. The van der Waals surface area contributed by atoms with E-state index >= 15 is 0 Å². The van der Waals surface area contributed by atoms with Crippen LogP contribution in [0.25, 0.3) is 0 Å². The first kappa shape index (κ1) is 23.1. The first-order chi connectivity index (χ1) is 14.1. The van der Waals surface area contributed by atoms with E-state index in [1.165, 1.54) is 25.1 Å². The summed E-state index contributed by atoms with van der Waals surface area (Å²) in [6, 6.07) is 11.0. The van der Waals surface area contributed by atoms with Gasteiger partial charge in [0, 0.05) is 6.42 Å². The third kappa shape index (κ3) is 6.98. The van der Waals surface area contributed by atoms with E-state index in [2.05, 4.69) is 15.6 Å². The van der Waals surface area contributed by atoms with E-state index in [1.54, 1.807) is 12.1 Å². The lowest BCUT2D eigenvalue weighted by molar-refractivity contribution is -0.274. The van der Waals surface area contributed by atoms with Gasteiger partial charge in [-0.25, -0.2) is 0 Å². The number of nitrogens with one attached hydrogen (secondary N) is 2. The molecular formula is C21H23F3N2O4. The number of benzene rings is 2. The maximum absolute atomic E-state index is 12.4. The Morgan fingerprint density at radius 3 is 2.37 bits per heavy atom. The summed E-state index contributed by atoms with van der Waals surface area (Å²) in [6.07, 6.45) is -5.84. The number of hydrogen-bond donors (Lipinski definition) is 2. The predicted molar refractivity (Wildman–Crippen MR) is 104 cm³/mol. The predicted octanol–water partition coefficient (Wildman–Crippen LogP) is 3.75. The highest BCUT2D eigenvalue weighted by Gasteiger charge is 2.32.